The van der Waals surface area contributed by atoms with E-state index < -0.39 is 11.9 Å². The summed E-state index contributed by atoms with van der Waals surface area (Å²) in [6.45, 7) is 2.77. The Kier molecular flexibility index (Phi) is 4.24. The van der Waals surface area contributed by atoms with Gasteiger partial charge in [-0.1, -0.05) is 13.0 Å². The Balaban J connectivity index is 1.67. The summed E-state index contributed by atoms with van der Waals surface area (Å²) in [6, 6.07) is 4.29. The number of amides is 2. The monoisotopic (exact) mass is 320 g/mol. The standard InChI is InChI=1S/C17H21FN2O3/c1-10-6-12(16(21)22)9-20(8-10)17(23)19-15-5-2-11-7-13(18)3-4-14(11)15/h3-4,7,10,12,15H,2,5-6,8-9H2,1H3,(H,19,23)(H,21,22). The molecule has 2 aliphatic rings. The molecule has 1 aromatic rings. The van der Waals surface area contributed by atoms with Gasteiger partial charge in [0.15, 0.2) is 0 Å². The minimum atomic E-state index is -0.851. The van der Waals surface area contributed by atoms with Gasteiger partial charge in [-0.05, 0) is 48.4 Å². The van der Waals surface area contributed by atoms with E-state index in [9.17, 15) is 19.1 Å². The van der Waals surface area contributed by atoms with Gasteiger partial charge in [0.1, 0.15) is 5.82 Å². The van der Waals surface area contributed by atoms with Crippen molar-refractivity contribution in [3.63, 3.8) is 0 Å². The summed E-state index contributed by atoms with van der Waals surface area (Å²) in [4.78, 5) is 25.3. The molecule has 5 nitrogen and oxygen atoms in total. The maximum atomic E-state index is 13.3. The number of carboxylic acid groups (broad SMARTS) is 1. The predicted octanol–water partition coefficient (Wildman–Crippen LogP) is 2.57. The summed E-state index contributed by atoms with van der Waals surface area (Å²) >= 11 is 0. The lowest BCUT2D eigenvalue weighted by Crippen LogP contribution is -2.50. The third kappa shape index (κ3) is 3.30. The van der Waals surface area contributed by atoms with Crippen LogP contribution in [0.3, 0.4) is 0 Å². The SMILES string of the molecule is CC1CC(C(=O)O)CN(C(=O)NC2CCc3cc(F)ccc32)C1. The van der Waals surface area contributed by atoms with Gasteiger partial charge in [-0.2, -0.15) is 0 Å². The summed E-state index contributed by atoms with van der Waals surface area (Å²) in [5, 5.41) is 12.2. The lowest BCUT2D eigenvalue weighted by Gasteiger charge is -2.35. The number of hydrogen-bond donors (Lipinski definition) is 2. The van der Waals surface area contributed by atoms with Crippen LogP contribution in [0.2, 0.25) is 0 Å². The number of carbonyl (C=O) groups excluding carboxylic acids is 1. The highest BCUT2D eigenvalue weighted by Gasteiger charge is 2.33. The molecule has 1 aromatic carbocycles. The second-order valence-electron chi connectivity index (χ2n) is 6.66. The Hall–Kier alpha value is -2.11. The Labute approximate surface area is 134 Å². The van der Waals surface area contributed by atoms with Crippen LogP contribution in [0.15, 0.2) is 18.2 Å². The molecule has 2 N–H and O–H groups in total. The number of piperidine rings is 1. The number of carboxylic acids is 1. The first-order valence-electron chi connectivity index (χ1n) is 8.00. The van der Waals surface area contributed by atoms with Gasteiger partial charge in [0.25, 0.3) is 0 Å². The molecule has 1 heterocycles. The van der Waals surface area contributed by atoms with Crippen molar-refractivity contribution in [3.05, 3.63) is 35.1 Å². The number of rotatable bonds is 2. The third-order valence-corrected chi connectivity index (χ3v) is 4.78. The summed E-state index contributed by atoms with van der Waals surface area (Å²) in [5.41, 5.74) is 1.89. The molecule has 6 heteroatoms. The molecule has 3 unspecified atom stereocenters. The van der Waals surface area contributed by atoms with Gasteiger partial charge in [0, 0.05) is 13.1 Å². The molecule has 1 aliphatic heterocycles. The van der Waals surface area contributed by atoms with Crippen LogP contribution >= 0.6 is 0 Å². The first kappa shape index (κ1) is 15.8. The van der Waals surface area contributed by atoms with Crippen molar-refractivity contribution in [2.24, 2.45) is 11.8 Å². The number of aliphatic carboxylic acids is 1. The van der Waals surface area contributed by atoms with E-state index in [4.69, 9.17) is 0 Å². The van der Waals surface area contributed by atoms with Gasteiger partial charge in [0.2, 0.25) is 0 Å². The van der Waals surface area contributed by atoms with Crippen LogP contribution in [0.25, 0.3) is 0 Å². The van der Waals surface area contributed by atoms with E-state index >= 15 is 0 Å². The van der Waals surface area contributed by atoms with Crippen LogP contribution in [0.1, 0.15) is 36.9 Å². The zero-order chi connectivity index (χ0) is 16.6. The first-order chi connectivity index (χ1) is 10.9. The van der Waals surface area contributed by atoms with E-state index in [0.717, 1.165) is 24.0 Å². The van der Waals surface area contributed by atoms with Gasteiger partial charge in [-0.3, -0.25) is 4.79 Å². The first-order valence-corrected chi connectivity index (χ1v) is 8.00. The lowest BCUT2D eigenvalue weighted by atomic mass is 9.91. The maximum absolute atomic E-state index is 13.3. The van der Waals surface area contributed by atoms with Crippen LogP contribution in [0.5, 0.6) is 0 Å². The van der Waals surface area contributed by atoms with E-state index in [-0.39, 0.29) is 30.4 Å². The third-order valence-electron chi connectivity index (χ3n) is 4.78. The van der Waals surface area contributed by atoms with Crippen molar-refractivity contribution in [1.29, 1.82) is 0 Å². The summed E-state index contributed by atoms with van der Waals surface area (Å²) < 4.78 is 13.3. The van der Waals surface area contributed by atoms with Crippen molar-refractivity contribution in [1.82, 2.24) is 10.2 Å². The van der Waals surface area contributed by atoms with Crippen molar-refractivity contribution < 1.29 is 19.1 Å². The van der Waals surface area contributed by atoms with E-state index in [0.29, 0.717) is 13.0 Å². The van der Waals surface area contributed by atoms with Crippen LogP contribution in [0.4, 0.5) is 9.18 Å². The number of likely N-dealkylation sites (tertiary alicyclic amines) is 1. The second-order valence-corrected chi connectivity index (χ2v) is 6.66. The van der Waals surface area contributed by atoms with Gasteiger partial charge in [-0.25, -0.2) is 9.18 Å². The number of nitrogens with one attached hydrogen (secondary N) is 1. The highest BCUT2D eigenvalue weighted by Crippen LogP contribution is 2.32. The number of aryl methyl sites for hydroxylation is 1. The quantitative estimate of drug-likeness (QED) is 0.880. The van der Waals surface area contributed by atoms with Crippen molar-refractivity contribution in [2.75, 3.05) is 13.1 Å². The molecule has 0 spiro atoms. The van der Waals surface area contributed by atoms with Crippen molar-refractivity contribution >= 4 is 12.0 Å². The van der Waals surface area contributed by atoms with E-state index in [1.807, 2.05) is 6.92 Å². The molecule has 0 saturated carbocycles. The summed E-state index contributed by atoms with van der Waals surface area (Å²) in [5.74, 6) is -1.45. The highest BCUT2D eigenvalue weighted by molar-refractivity contribution is 5.77. The number of halogens is 1. The summed E-state index contributed by atoms with van der Waals surface area (Å²) in [6.07, 6.45) is 2.09. The van der Waals surface area contributed by atoms with Gasteiger partial charge in [0.05, 0.1) is 12.0 Å². The molecule has 1 fully saturated rings. The second kappa shape index (κ2) is 6.18. The predicted molar refractivity (Wildman–Crippen MR) is 82.5 cm³/mol. The number of urea groups is 1. The molecular formula is C17H21FN2O3. The molecule has 1 aliphatic carbocycles. The Morgan fingerprint density at radius 2 is 2.13 bits per heavy atom. The molecule has 23 heavy (non-hydrogen) atoms. The fraction of sp³-hybridized carbons (Fsp3) is 0.529. The smallest absolute Gasteiger partial charge is 0.317 e. The van der Waals surface area contributed by atoms with Gasteiger partial charge < -0.3 is 15.3 Å². The normalized spacial score (nSPS) is 26.7. The summed E-state index contributed by atoms with van der Waals surface area (Å²) in [7, 11) is 0. The number of fused-ring (bicyclic) bond motifs is 1. The fourth-order valence-corrected chi connectivity index (χ4v) is 3.67. The highest BCUT2D eigenvalue weighted by atomic mass is 19.1. The van der Waals surface area contributed by atoms with Crippen molar-refractivity contribution in [2.45, 2.75) is 32.2 Å². The van der Waals surface area contributed by atoms with E-state index in [1.54, 1.807) is 11.0 Å². The number of benzene rings is 1. The van der Waals surface area contributed by atoms with Crippen LogP contribution in [-0.2, 0) is 11.2 Å². The van der Waals surface area contributed by atoms with Crippen LogP contribution < -0.4 is 5.32 Å². The van der Waals surface area contributed by atoms with E-state index in [1.165, 1.54) is 12.1 Å². The average Bonchev–Trinajstić information content (AvgIpc) is 2.88. The Bertz CT molecular complexity index is 634. The molecule has 2 amide bonds. The van der Waals surface area contributed by atoms with Crippen LogP contribution in [0, 0.1) is 17.7 Å². The zero-order valence-corrected chi connectivity index (χ0v) is 13.1. The Morgan fingerprint density at radius 1 is 1.35 bits per heavy atom. The lowest BCUT2D eigenvalue weighted by molar-refractivity contribution is -0.143. The zero-order valence-electron chi connectivity index (χ0n) is 13.1. The molecule has 0 radical (unpaired) electrons. The van der Waals surface area contributed by atoms with E-state index in [2.05, 4.69) is 5.32 Å². The molecule has 124 valence electrons. The molecule has 0 aromatic heterocycles. The maximum Gasteiger partial charge on any atom is 0.317 e. The average molecular weight is 320 g/mol. The Morgan fingerprint density at radius 3 is 2.87 bits per heavy atom. The van der Waals surface area contributed by atoms with Gasteiger partial charge >= 0.3 is 12.0 Å². The molecular weight excluding hydrogens is 299 g/mol. The molecule has 3 atom stereocenters. The number of carbonyl (C=O) groups is 2. The van der Waals surface area contributed by atoms with Crippen molar-refractivity contribution in [3.8, 4) is 0 Å². The van der Waals surface area contributed by atoms with Gasteiger partial charge in [-0.15, -0.1) is 0 Å². The molecule has 1 saturated heterocycles. The largest absolute Gasteiger partial charge is 0.481 e. The molecule has 0 bridgehead atoms. The topological polar surface area (TPSA) is 69.6 Å². The number of nitrogens with zero attached hydrogens (tertiary/aromatic N) is 1. The number of hydrogen-bond acceptors (Lipinski definition) is 2. The molecule has 3 rings (SSSR count). The van der Waals surface area contributed by atoms with Crippen LogP contribution in [-0.4, -0.2) is 35.1 Å². The fourth-order valence-electron chi connectivity index (χ4n) is 3.67. The minimum absolute atomic E-state index is 0.126. The minimum Gasteiger partial charge on any atom is -0.481 e.